The molecule has 10 nitrogen and oxygen atoms in total. The molecule has 0 fully saturated rings. The van der Waals surface area contributed by atoms with Crippen LogP contribution in [0.2, 0.25) is 0 Å². The summed E-state index contributed by atoms with van der Waals surface area (Å²) in [6.45, 7) is 15.9. The van der Waals surface area contributed by atoms with Gasteiger partial charge in [0.25, 0.3) is 6.02 Å². The number of ether oxygens (including phenoxy) is 4. The smallest absolute Gasteiger partial charge is 0.283 e. The molecular formula is C43H43BrN4O6. The lowest BCUT2D eigenvalue weighted by Crippen LogP contribution is -2.37. The van der Waals surface area contributed by atoms with E-state index in [0.29, 0.717) is 46.7 Å². The molecule has 0 unspecified atom stereocenters. The van der Waals surface area contributed by atoms with E-state index in [1.54, 1.807) is 36.7 Å². The molecule has 0 amide bonds. The van der Waals surface area contributed by atoms with E-state index in [1.165, 1.54) is 6.33 Å². The van der Waals surface area contributed by atoms with E-state index in [9.17, 15) is 4.79 Å². The fourth-order valence-electron chi connectivity index (χ4n) is 6.41. The van der Waals surface area contributed by atoms with Crippen molar-refractivity contribution in [2.45, 2.75) is 60.1 Å². The fraction of sp³-hybridized carbons (Fsp3) is 0.302. The highest BCUT2D eigenvalue weighted by Crippen LogP contribution is 2.54. The van der Waals surface area contributed by atoms with E-state index in [0.717, 1.165) is 38.2 Å². The van der Waals surface area contributed by atoms with Gasteiger partial charge in [-0.1, -0.05) is 63.5 Å². The second kappa shape index (κ2) is 14.1. The molecule has 2 N–H and O–H groups in total. The molecule has 11 heteroatoms. The van der Waals surface area contributed by atoms with Crippen molar-refractivity contribution in [1.29, 1.82) is 0 Å². The van der Waals surface area contributed by atoms with E-state index in [4.69, 9.17) is 34.1 Å². The van der Waals surface area contributed by atoms with Gasteiger partial charge in [-0.3, -0.25) is 4.79 Å². The molecule has 0 radical (unpaired) electrons. The molecule has 4 heterocycles. The zero-order chi connectivity index (χ0) is 38.4. The maximum atomic E-state index is 12.7. The molecule has 2 aliphatic heterocycles. The molecule has 0 aliphatic carbocycles. The van der Waals surface area contributed by atoms with Gasteiger partial charge in [-0.25, -0.2) is 15.0 Å². The summed E-state index contributed by atoms with van der Waals surface area (Å²) in [6.07, 6.45) is 4.75. The average molecular weight is 792 g/mol. The first-order valence-corrected chi connectivity index (χ1v) is 18.5. The maximum Gasteiger partial charge on any atom is 0.283 e. The minimum Gasteiger partial charge on any atom is -0.493 e. The third-order valence-electron chi connectivity index (χ3n) is 8.98. The molecule has 0 saturated carbocycles. The number of nitrogens with two attached hydrogens (primary N) is 1. The van der Waals surface area contributed by atoms with E-state index >= 15 is 0 Å². The lowest BCUT2D eigenvalue weighted by molar-refractivity contribution is 0.165. The Labute approximate surface area is 322 Å². The van der Waals surface area contributed by atoms with E-state index < -0.39 is 5.54 Å². The van der Waals surface area contributed by atoms with E-state index in [-0.39, 0.29) is 28.4 Å². The molecule has 4 aromatic carbocycles. The Morgan fingerprint density at radius 1 is 0.759 bits per heavy atom. The molecule has 2 atom stereocenters. The zero-order valence-corrected chi connectivity index (χ0v) is 33.0. The van der Waals surface area contributed by atoms with Gasteiger partial charge in [0.05, 0.1) is 24.0 Å². The van der Waals surface area contributed by atoms with Gasteiger partial charge in [-0.15, -0.1) is 0 Å². The zero-order valence-electron chi connectivity index (χ0n) is 31.4. The first-order chi connectivity index (χ1) is 25.6. The van der Waals surface area contributed by atoms with Gasteiger partial charge in [0.15, 0.2) is 5.54 Å². The van der Waals surface area contributed by atoms with Gasteiger partial charge in [0.1, 0.15) is 46.6 Å². The Hall–Kier alpha value is -5.42. The highest BCUT2D eigenvalue weighted by atomic mass is 79.9. The molecule has 0 bridgehead atoms. The largest absolute Gasteiger partial charge is 0.493 e. The van der Waals surface area contributed by atoms with Crippen molar-refractivity contribution in [3.63, 3.8) is 0 Å². The summed E-state index contributed by atoms with van der Waals surface area (Å²) in [7, 11) is 0. The fourth-order valence-corrected chi connectivity index (χ4v) is 6.77. The lowest BCUT2D eigenvalue weighted by atomic mass is 9.76. The Bertz CT molecular complexity index is 2450. The number of fused-ring (bicyclic) bond motifs is 6. The number of hydrogen-bond donors (Lipinski definition) is 1. The summed E-state index contributed by atoms with van der Waals surface area (Å²) in [4.78, 5) is 25.8. The van der Waals surface area contributed by atoms with Crippen molar-refractivity contribution in [2.24, 2.45) is 21.6 Å². The van der Waals surface area contributed by atoms with E-state index in [2.05, 4.69) is 73.5 Å². The minimum absolute atomic E-state index is 0.0374. The highest BCUT2D eigenvalue weighted by molar-refractivity contribution is 9.10. The van der Waals surface area contributed by atoms with Crippen LogP contribution in [0.25, 0.3) is 33.1 Å². The third kappa shape index (κ3) is 7.50. The first kappa shape index (κ1) is 36.9. The number of nitrogens with zero attached hydrogens (tertiary/aromatic N) is 3. The second-order valence-electron chi connectivity index (χ2n) is 16.0. The average Bonchev–Trinajstić information content (AvgIpc) is 3.43. The van der Waals surface area contributed by atoms with E-state index in [1.807, 2.05) is 49.4 Å². The van der Waals surface area contributed by atoms with Crippen LogP contribution < -0.4 is 25.4 Å². The van der Waals surface area contributed by atoms with Gasteiger partial charge in [0.2, 0.25) is 5.43 Å². The molecule has 2 aromatic heterocycles. The molecule has 1 spiro atoms. The SMILES string of the molecule is CC(C)(C)COc1ccc2oc3ccc(Br)cc3c(=O)c2c1.C[C@@H]1OC(N)=N[C@]12c1cc(OCC(C)(C)C)ccc1Oc1ccc(-c3cncnc3)cc12. The number of halogens is 1. The summed E-state index contributed by atoms with van der Waals surface area (Å²) in [5.74, 6) is 2.87. The number of amidine groups is 1. The Morgan fingerprint density at radius 3 is 1.96 bits per heavy atom. The molecule has 2 aliphatic rings. The summed E-state index contributed by atoms with van der Waals surface area (Å²) in [5.41, 5.74) is 10.1. The van der Waals surface area contributed by atoms with Crippen LogP contribution in [0.15, 0.2) is 110 Å². The van der Waals surface area contributed by atoms with Gasteiger partial charge >= 0.3 is 0 Å². The van der Waals surface area contributed by atoms with Crippen LogP contribution in [-0.2, 0) is 10.3 Å². The topological polar surface area (TPSA) is 131 Å². The van der Waals surface area contributed by atoms with Crippen LogP contribution in [0.1, 0.15) is 59.6 Å². The van der Waals surface area contributed by atoms with Gasteiger partial charge < -0.3 is 29.1 Å². The van der Waals surface area contributed by atoms with Crippen LogP contribution in [0, 0.1) is 10.8 Å². The highest BCUT2D eigenvalue weighted by Gasteiger charge is 2.52. The molecular weight excluding hydrogens is 748 g/mol. The van der Waals surface area contributed by atoms with Crippen LogP contribution in [-0.4, -0.2) is 35.3 Å². The minimum atomic E-state index is -0.847. The molecule has 278 valence electrons. The molecule has 6 aromatic rings. The summed E-state index contributed by atoms with van der Waals surface area (Å²) in [6, 6.07) is 22.8. The quantitative estimate of drug-likeness (QED) is 0.170. The van der Waals surface area contributed by atoms with Gasteiger partial charge in [0, 0.05) is 33.6 Å². The van der Waals surface area contributed by atoms with Crippen LogP contribution in [0.4, 0.5) is 0 Å². The molecule has 8 rings (SSSR count). The van der Waals surface area contributed by atoms with Crippen molar-refractivity contribution in [3.8, 4) is 34.1 Å². The molecule has 0 saturated heterocycles. The van der Waals surface area contributed by atoms with Crippen LogP contribution >= 0.6 is 15.9 Å². The number of aromatic nitrogens is 2. The van der Waals surface area contributed by atoms with Crippen molar-refractivity contribution in [1.82, 2.24) is 9.97 Å². The number of hydrogen-bond acceptors (Lipinski definition) is 10. The van der Waals surface area contributed by atoms with Crippen LogP contribution in [0.3, 0.4) is 0 Å². The van der Waals surface area contributed by atoms with Gasteiger partial charge in [-0.2, -0.15) is 0 Å². The lowest BCUT2D eigenvalue weighted by Gasteiger charge is -2.37. The van der Waals surface area contributed by atoms with Crippen molar-refractivity contribution in [2.75, 3.05) is 13.2 Å². The predicted molar refractivity (Wildman–Crippen MR) is 215 cm³/mol. The monoisotopic (exact) mass is 790 g/mol. The number of aliphatic imine (C=N–C) groups is 1. The summed E-state index contributed by atoms with van der Waals surface area (Å²) < 4.78 is 30.7. The predicted octanol–water partition coefficient (Wildman–Crippen LogP) is 9.78. The van der Waals surface area contributed by atoms with Crippen molar-refractivity contribution < 1.29 is 23.4 Å². The summed E-state index contributed by atoms with van der Waals surface area (Å²) in [5, 5.41) is 1.10. The van der Waals surface area contributed by atoms with Crippen molar-refractivity contribution >= 4 is 43.9 Å². The second-order valence-corrected chi connectivity index (χ2v) is 16.9. The standard InChI is InChI=1S/C25H26N4O3.C18H17BrO3/c1-15-25(29-23(26)31-15)19-9-16(17-11-27-14-28-12-17)5-7-21(19)32-22-8-6-18(10-20(22)25)30-13-24(2,3)4;1-18(2,3)10-21-12-5-7-16-14(9-12)17(20)13-8-11(19)4-6-15(13)22-16/h5-12,14-15H,13H2,1-4H3,(H2,26,29);4-9H,10H2,1-3H3/t15-,25+;/m0./s1. The summed E-state index contributed by atoms with van der Waals surface area (Å²) >= 11 is 3.39. The third-order valence-corrected chi connectivity index (χ3v) is 9.48. The normalized spacial score (nSPS) is 17.5. The van der Waals surface area contributed by atoms with Gasteiger partial charge in [-0.05, 0) is 90.0 Å². The number of rotatable bonds is 5. The Kier molecular flexibility index (Phi) is 9.64. The number of benzene rings is 4. The van der Waals surface area contributed by atoms with Crippen LogP contribution in [0.5, 0.6) is 23.0 Å². The Morgan fingerprint density at radius 2 is 1.33 bits per heavy atom. The molecule has 54 heavy (non-hydrogen) atoms. The maximum absolute atomic E-state index is 12.7. The Balaban J connectivity index is 0.000000179. The first-order valence-electron chi connectivity index (χ1n) is 17.8. The van der Waals surface area contributed by atoms with Crippen molar-refractivity contribution in [3.05, 3.63) is 117 Å².